The van der Waals surface area contributed by atoms with Crippen LogP contribution in [0.1, 0.15) is 35.5 Å². The van der Waals surface area contributed by atoms with Gasteiger partial charge >= 0.3 is 0 Å². The van der Waals surface area contributed by atoms with Crippen molar-refractivity contribution in [2.24, 2.45) is 5.92 Å². The van der Waals surface area contributed by atoms with E-state index in [0.29, 0.717) is 5.92 Å². The number of hydrogen-bond acceptors (Lipinski definition) is 2. The minimum absolute atomic E-state index is 0.161. The molecule has 0 radical (unpaired) electrons. The predicted octanol–water partition coefficient (Wildman–Crippen LogP) is 3.20. The number of H-pyrrole nitrogens is 1. The van der Waals surface area contributed by atoms with Crippen LogP contribution in [0.5, 0.6) is 0 Å². The van der Waals surface area contributed by atoms with Crippen LogP contribution in [0.2, 0.25) is 0 Å². The zero-order chi connectivity index (χ0) is 16.6. The Balaban J connectivity index is 1.72. The third-order valence-corrected chi connectivity index (χ3v) is 4.84. The Kier molecular flexibility index (Phi) is 4.44. The van der Waals surface area contributed by atoms with Crippen LogP contribution < -0.4 is 0 Å². The molecule has 1 aliphatic rings. The van der Waals surface area contributed by atoms with E-state index in [1.807, 2.05) is 23.1 Å². The topological polar surface area (TPSA) is 39.3 Å². The largest absolute Gasteiger partial charge is 0.358 e. The summed E-state index contributed by atoms with van der Waals surface area (Å²) in [5.41, 5.74) is 4.32. The summed E-state index contributed by atoms with van der Waals surface area (Å²) >= 11 is 0. The molecule has 1 saturated heterocycles. The Labute approximate surface area is 138 Å². The van der Waals surface area contributed by atoms with Crippen LogP contribution in [0.3, 0.4) is 0 Å². The zero-order valence-corrected chi connectivity index (χ0v) is 14.6. The average molecular weight is 313 g/mol. The Bertz CT molecular complexity index is 709. The second-order valence-corrected chi connectivity index (χ2v) is 7.12. The van der Waals surface area contributed by atoms with E-state index in [-0.39, 0.29) is 5.91 Å². The summed E-state index contributed by atoms with van der Waals surface area (Å²) in [6.07, 6.45) is 0. The fourth-order valence-electron chi connectivity index (χ4n) is 3.43. The lowest BCUT2D eigenvalue weighted by atomic mass is 10.1. The van der Waals surface area contributed by atoms with Crippen LogP contribution in [0, 0.1) is 19.8 Å². The fraction of sp³-hybridized carbons (Fsp3) is 0.526. The van der Waals surface area contributed by atoms with Gasteiger partial charge in [0.05, 0.1) is 0 Å². The highest BCUT2D eigenvalue weighted by molar-refractivity contribution is 5.99. The number of amides is 1. The van der Waals surface area contributed by atoms with Crippen LogP contribution in [-0.2, 0) is 0 Å². The highest BCUT2D eigenvalue weighted by atomic mass is 16.2. The highest BCUT2D eigenvalue weighted by Gasteiger charge is 2.22. The number of aromatic nitrogens is 1. The van der Waals surface area contributed by atoms with Crippen LogP contribution >= 0.6 is 0 Å². The molecule has 4 heteroatoms. The fourth-order valence-corrected chi connectivity index (χ4v) is 3.43. The van der Waals surface area contributed by atoms with Gasteiger partial charge in [-0.1, -0.05) is 13.8 Å². The summed E-state index contributed by atoms with van der Waals surface area (Å²) in [6.45, 7) is 13.4. The Morgan fingerprint density at radius 3 is 2.52 bits per heavy atom. The molecule has 1 aliphatic heterocycles. The number of carbonyl (C=O) groups is 1. The van der Waals surface area contributed by atoms with Gasteiger partial charge in [0.15, 0.2) is 0 Å². The first-order valence-electron chi connectivity index (χ1n) is 8.56. The van der Waals surface area contributed by atoms with Gasteiger partial charge in [-0.25, -0.2) is 0 Å². The van der Waals surface area contributed by atoms with Crippen molar-refractivity contribution in [3.63, 3.8) is 0 Å². The van der Waals surface area contributed by atoms with E-state index in [9.17, 15) is 4.79 Å². The Morgan fingerprint density at radius 2 is 1.87 bits per heavy atom. The van der Waals surface area contributed by atoms with Gasteiger partial charge in [-0.15, -0.1) is 0 Å². The molecule has 1 amide bonds. The molecule has 4 nitrogen and oxygen atoms in total. The molecule has 1 aromatic heterocycles. The van der Waals surface area contributed by atoms with Crippen molar-refractivity contribution in [2.75, 3.05) is 32.7 Å². The average Bonchev–Trinajstić information content (AvgIpc) is 2.81. The molecular weight excluding hydrogens is 286 g/mol. The molecule has 0 spiro atoms. The summed E-state index contributed by atoms with van der Waals surface area (Å²) in [5, 5.41) is 1.16. The van der Waals surface area contributed by atoms with E-state index in [2.05, 4.69) is 37.6 Å². The molecule has 3 rings (SSSR count). The van der Waals surface area contributed by atoms with Gasteiger partial charge in [-0.05, 0) is 43.5 Å². The third kappa shape index (κ3) is 3.27. The minimum atomic E-state index is 0.161. The molecule has 2 heterocycles. The molecular formula is C19H27N3O. The standard InChI is InChI=1S/C19H27N3O/c1-13(2)12-21-7-9-22(10-8-21)19(23)16-5-6-18-17(11-16)14(3)15(4)20-18/h5-6,11,13,20H,7-10,12H2,1-4H3. The van der Waals surface area contributed by atoms with Crippen LogP contribution in [0.4, 0.5) is 0 Å². The van der Waals surface area contributed by atoms with Crippen LogP contribution in [0.25, 0.3) is 10.9 Å². The van der Waals surface area contributed by atoms with Crippen molar-refractivity contribution in [1.29, 1.82) is 0 Å². The summed E-state index contributed by atoms with van der Waals surface area (Å²) in [7, 11) is 0. The van der Waals surface area contributed by atoms with E-state index in [1.54, 1.807) is 0 Å². The second-order valence-electron chi connectivity index (χ2n) is 7.12. The molecule has 0 atom stereocenters. The molecule has 0 unspecified atom stereocenters. The molecule has 1 N–H and O–H groups in total. The molecule has 23 heavy (non-hydrogen) atoms. The summed E-state index contributed by atoms with van der Waals surface area (Å²) in [6, 6.07) is 6.01. The molecule has 2 aromatic rings. The number of piperazine rings is 1. The van der Waals surface area contributed by atoms with Gasteiger partial charge in [0.2, 0.25) is 0 Å². The number of carbonyl (C=O) groups excluding carboxylic acids is 1. The molecule has 1 aromatic carbocycles. The normalized spacial score (nSPS) is 16.5. The highest BCUT2D eigenvalue weighted by Crippen LogP contribution is 2.23. The first-order valence-corrected chi connectivity index (χ1v) is 8.56. The van der Waals surface area contributed by atoms with Crippen molar-refractivity contribution in [3.05, 3.63) is 35.0 Å². The second kappa shape index (κ2) is 6.36. The van der Waals surface area contributed by atoms with E-state index in [0.717, 1.165) is 49.2 Å². The van der Waals surface area contributed by atoms with E-state index >= 15 is 0 Å². The molecule has 0 saturated carbocycles. The number of benzene rings is 1. The number of hydrogen-bond donors (Lipinski definition) is 1. The van der Waals surface area contributed by atoms with Gasteiger partial charge in [0, 0.05) is 54.9 Å². The maximum absolute atomic E-state index is 12.8. The summed E-state index contributed by atoms with van der Waals surface area (Å²) < 4.78 is 0. The number of nitrogens with zero attached hydrogens (tertiary/aromatic N) is 2. The smallest absolute Gasteiger partial charge is 0.253 e. The van der Waals surface area contributed by atoms with Crippen molar-refractivity contribution in [1.82, 2.24) is 14.8 Å². The maximum Gasteiger partial charge on any atom is 0.253 e. The summed E-state index contributed by atoms with van der Waals surface area (Å²) in [5.74, 6) is 0.841. The van der Waals surface area contributed by atoms with Gasteiger partial charge in [0.25, 0.3) is 5.91 Å². The quantitative estimate of drug-likeness (QED) is 0.945. The number of rotatable bonds is 3. The SMILES string of the molecule is Cc1[nH]c2ccc(C(=O)N3CCN(CC(C)C)CC3)cc2c1C. The van der Waals surface area contributed by atoms with Gasteiger partial charge in [-0.3, -0.25) is 9.69 Å². The Hall–Kier alpha value is -1.81. The van der Waals surface area contributed by atoms with Crippen LogP contribution in [0.15, 0.2) is 18.2 Å². The zero-order valence-electron chi connectivity index (χ0n) is 14.6. The third-order valence-electron chi connectivity index (χ3n) is 4.84. The molecule has 0 bridgehead atoms. The maximum atomic E-state index is 12.8. The van der Waals surface area contributed by atoms with Crippen molar-refractivity contribution in [2.45, 2.75) is 27.7 Å². The van der Waals surface area contributed by atoms with Gasteiger partial charge in [0.1, 0.15) is 0 Å². The lowest BCUT2D eigenvalue weighted by Crippen LogP contribution is -2.49. The molecule has 1 fully saturated rings. The number of aromatic amines is 1. The predicted molar refractivity (Wildman–Crippen MR) is 95.0 cm³/mol. The van der Waals surface area contributed by atoms with Crippen molar-refractivity contribution < 1.29 is 4.79 Å². The number of fused-ring (bicyclic) bond motifs is 1. The van der Waals surface area contributed by atoms with Crippen molar-refractivity contribution in [3.8, 4) is 0 Å². The monoisotopic (exact) mass is 313 g/mol. The summed E-state index contributed by atoms with van der Waals surface area (Å²) in [4.78, 5) is 20.6. The van der Waals surface area contributed by atoms with Gasteiger partial charge < -0.3 is 9.88 Å². The number of nitrogens with one attached hydrogen (secondary N) is 1. The van der Waals surface area contributed by atoms with Crippen LogP contribution in [-0.4, -0.2) is 53.4 Å². The lowest BCUT2D eigenvalue weighted by Gasteiger charge is -2.35. The van der Waals surface area contributed by atoms with E-state index in [1.165, 1.54) is 11.3 Å². The molecule has 0 aliphatic carbocycles. The lowest BCUT2D eigenvalue weighted by molar-refractivity contribution is 0.0624. The number of aryl methyl sites for hydroxylation is 2. The first-order chi connectivity index (χ1) is 11.0. The first kappa shape index (κ1) is 16.1. The minimum Gasteiger partial charge on any atom is -0.358 e. The van der Waals surface area contributed by atoms with Crippen molar-refractivity contribution >= 4 is 16.8 Å². The van der Waals surface area contributed by atoms with Gasteiger partial charge in [-0.2, -0.15) is 0 Å². The van der Waals surface area contributed by atoms with E-state index in [4.69, 9.17) is 0 Å². The Morgan fingerprint density at radius 1 is 1.17 bits per heavy atom. The molecule has 124 valence electrons. The van der Waals surface area contributed by atoms with E-state index < -0.39 is 0 Å².